The molecule has 2 aliphatic heterocycles. The molecule has 0 radical (unpaired) electrons. The topological polar surface area (TPSA) is 41.1 Å². The smallest absolute Gasteiger partial charge is 0.150 e. The minimum Gasteiger partial charge on any atom is -0.373 e. The number of carbonyl (C=O) groups excluding carboxylic acids is 1. The van der Waals surface area contributed by atoms with E-state index in [1.807, 2.05) is 24.3 Å². The van der Waals surface area contributed by atoms with E-state index in [1.54, 1.807) is 0 Å². The van der Waals surface area contributed by atoms with Gasteiger partial charge in [0.1, 0.15) is 6.29 Å². The highest BCUT2D eigenvalue weighted by Gasteiger charge is 2.23. The summed E-state index contributed by atoms with van der Waals surface area (Å²) >= 11 is 0. The molecule has 2 heterocycles. The Balaban J connectivity index is 1.45. The Hall–Kier alpha value is -3.59. The van der Waals surface area contributed by atoms with Crippen LogP contribution >= 0.6 is 0 Å². The summed E-state index contributed by atoms with van der Waals surface area (Å²) in [5, 5.41) is 7.44. The standard InChI is InChI=1S/C27H24N2O/c1-2-18-3-7-20(8-4-18)24-15-13-22-11-12-23-14-16-25(29-27(23)26(22)28-24)21-9-5-19(17-30)6-10-21/h3-17,24-25,28-29H,2H2,1H3. The van der Waals surface area contributed by atoms with E-state index in [1.165, 1.54) is 22.3 Å². The number of rotatable bonds is 4. The van der Waals surface area contributed by atoms with Crippen LogP contribution in [0.3, 0.4) is 0 Å². The van der Waals surface area contributed by atoms with Crippen molar-refractivity contribution in [3.8, 4) is 0 Å². The van der Waals surface area contributed by atoms with Gasteiger partial charge in [-0.3, -0.25) is 4.79 Å². The van der Waals surface area contributed by atoms with Gasteiger partial charge in [-0.2, -0.15) is 0 Å². The van der Waals surface area contributed by atoms with Gasteiger partial charge in [0.25, 0.3) is 0 Å². The fourth-order valence-corrected chi connectivity index (χ4v) is 4.16. The second kappa shape index (κ2) is 7.68. The lowest BCUT2D eigenvalue weighted by atomic mass is 9.93. The van der Waals surface area contributed by atoms with Gasteiger partial charge in [-0.25, -0.2) is 0 Å². The number of hydrogen-bond donors (Lipinski definition) is 2. The van der Waals surface area contributed by atoms with E-state index in [-0.39, 0.29) is 12.1 Å². The third kappa shape index (κ3) is 3.33. The molecule has 3 aromatic rings. The first kappa shape index (κ1) is 18.4. The molecular weight excluding hydrogens is 368 g/mol. The van der Waals surface area contributed by atoms with Gasteiger partial charge >= 0.3 is 0 Å². The molecule has 2 aliphatic rings. The molecule has 3 heteroatoms. The van der Waals surface area contributed by atoms with E-state index in [9.17, 15) is 4.79 Å². The van der Waals surface area contributed by atoms with Crippen molar-refractivity contribution in [3.63, 3.8) is 0 Å². The fourth-order valence-electron chi connectivity index (χ4n) is 4.16. The van der Waals surface area contributed by atoms with E-state index in [0.29, 0.717) is 5.56 Å². The van der Waals surface area contributed by atoms with E-state index in [0.717, 1.165) is 29.6 Å². The van der Waals surface area contributed by atoms with Crippen LogP contribution in [0.25, 0.3) is 12.2 Å². The van der Waals surface area contributed by atoms with Crippen molar-refractivity contribution in [1.82, 2.24) is 0 Å². The zero-order valence-electron chi connectivity index (χ0n) is 16.9. The van der Waals surface area contributed by atoms with Gasteiger partial charge in [-0.05, 0) is 34.2 Å². The summed E-state index contributed by atoms with van der Waals surface area (Å²) in [6.07, 6.45) is 10.7. The highest BCUT2D eigenvalue weighted by atomic mass is 16.1. The average molecular weight is 393 g/mol. The minimum absolute atomic E-state index is 0.0692. The minimum atomic E-state index is 0.0692. The molecular formula is C27H24N2O. The molecule has 3 aromatic carbocycles. The summed E-state index contributed by atoms with van der Waals surface area (Å²) in [6.45, 7) is 2.18. The molecule has 0 spiro atoms. The second-order valence-electron chi connectivity index (χ2n) is 7.84. The van der Waals surface area contributed by atoms with E-state index >= 15 is 0 Å². The van der Waals surface area contributed by atoms with Gasteiger partial charge in [-0.15, -0.1) is 0 Å². The molecule has 0 saturated carbocycles. The SMILES string of the molecule is CCc1ccc(C2C=Cc3ccc4c(c3N2)NC(c2ccc(C=O)cc2)C=C4)cc1. The third-order valence-corrected chi connectivity index (χ3v) is 5.98. The number of hydrogen-bond acceptors (Lipinski definition) is 3. The zero-order chi connectivity index (χ0) is 20.5. The zero-order valence-corrected chi connectivity index (χ0v) is 16.9. The lowest BCUT2D eigenvalue weighted by molar-refractivity contribution is 0.112. The van der Waals surface area contributed by atoms with Crippen LogP contribution in [0.4, 0.5) is 11.4 Å². The van der Waals surface area contributed by atoms with Crippen LogP contribution < -0.4 is 10.6 Å². The Bertz CT molecular complexity index is 1140. The Morgan fingerprint density at radius 3 is 1.70 bits per heavy atom. The van der Waals surface area contributed by atoms with Gasteiger partial charge in [0.15, 0.2) is 0 Å². The van der Waals surface area contributed by atoms with Crippen molar-refractivity contribution in [2.75, 3.05) is 10.6 Å². The number of aryl methyl sites for hydroxylation is 1. The highest BCUT2D eigenvalue weighted by Crippen LogP contribution is 2.42. The van der Waals surface area contributed by atoms with Crippen LogP contribution in [-0.4, -0.2) is 6.29 Å². The van der Waals surface area contributed by atoms with Crippen molar-refractivity contribution in [2.24, 2.45) is 0 Å². The molecule has 2 unspecified atom stereocenters. The Kier molecular flexibility index (Phi) is 4.72. The molecule has 0 aliphatic carbocycles. The summed E-state index contributed by atoms with van der Waals surface area (Å²) in [6, 6.07) is 21.1. The first-order valence-electron chi connectivity index (χ1n) is 10.5. The van der Waals surface area contributed by atoms with Crippen LogP contribution in [0.2, 0.25) is 0 Å². The molecule has 0 fully saturated rings. The second-order valence-corrected chi connectivity index (χ2v) is 7.84. The Labute approximate surface area is 177 Å². The van der Waals surface area contributed by atoms with Crippen LogP contribution in [0.15, 0.2) is 72.8 Å². The Morgan fingerprint density at radius 2 is 1.23 bits per heavy atom. The molecule has 0 saturated heterocycles. The van der Waals surface area contributed by atoms with Crippen LogP contribution in [0.5, 0.6) is 0 Å². The van der Waals surface area contributed by atoms with Gasteiger partial charge in [0, 0.05) is 5.56 Å². The maximum atomic E-state index is 11.0. The number of benzene rings is 3. The first-order valence-corrected chi connectivity index (χ1v) is 10.5. The molecule has 30 heavy (non-hydrogen) atoms. The number of anilines is 2. The monoisotopic (exact) mass is 392 g/mol. The van der Waals surface area contributed by atoms with Gasteiger partial charge in [0.2, 0.25) is 0 Å². The first-order chi connectivity index (χ1) is 14.7. The quantitative estimate of drug-likeness (QED) is 0.503. The van der Waals surface area contributed by atoms with Gasteiger partial charge < -0.3 is 10.6 Å². The molecule has 0 bridgehead atoms. The summed E-state index contributed by atoms with van der Waals surface area (Å²) in [5.74, 6) is 0. The molecule has 148 valence electrons. The largest absolute Gasteiger partial charge is 0.373 e. The maximum absolute atomic E-state index is 11.0. The third-order valence-electron chi connectivity index (χ3n) is 5.98. The van der Waals surface area contributed by atoms with E-state index in [4.69, 9.17) is 0 Å². The van der Waals surface area contributed by atoms with Crippen LogP contribution in [-0.2, 0) is 6.42 Å². The lowest BCUT2D eigenvalue weighted by Gasteiger charge is -2.30. The molecule has 3 nitrogen and oxygen atoms in total. The average Bonchev–Trinajstić information content (AvgIpc) is 2.83. The van der Waals surface area contributed by atoms with Crippen molar-refractivity contribution < 1.29 is 4.79 Å². The molecule has 2 N–H and O–H groups in total. The maximum Gasteiger partial charge on any atom is 0.150 e. The molecule has 2 atom stereocenters. The molecule has 0 amide bonds. The number of fused-ring (bicyclic) bond motifs is 3. The van der Waals surface area contributed by atoms with Gasteiger partial charge in [-0.1, -0.05) is 91.9 Å². The summed E-state index contributed by atoms with van der Waals surface area (Å²) in [4.78, 5) is 11.0. The van der Waals surface area contributed by atoms with Crippen molar-refractivity contribution in [1.29, 1.82) is 0 Å². The van der Waals surface area contributed by atoms with Gasteiger partial charge in [0.05, 0.1) is 23.5 Å². The lowest BCUT2D eigenvalue weighted by Crippen LogP contribution is -2.18. The Morgan fingerprint density at radius 1 is 0.733 bits per heavy atom. The normalized spacial score (nSPS) is 18.7. The predicted octanol–water partition coefficient (Wildman–Crippen LogP) is 6.42. The van der Waals surface area contributed by atoms with Crippen molar-refractivity contribution >= 4 is 29.8 Å². The predicted molar refractivity (Wildman–Crippen MR) is 125 cm³/mol. The molecule has 0 aromatic heterocycles. The van der Waals surface area contributed by atoms with E-state index < -0.39 is 0 Å². The van der Waals surface area contributed by atoms with E-state index in [2.05, 4.69) is 78.3 Å². The highest BCUT2D eigenvalue weighted by molar-refractivity contribution is 5.90. The number of carbonyl (C=O) groups is 1. The summed E-state index contributed by atoms with van der Waals surface area (Å²) in [7, 11) is 0. The number of nitrogens with one attached hydrogen (secondary N) is 2. The fraction of sp³-hybridized carbons (Fsp3) is 0.148. The molecule has 5 rings (SSSR count). The summed E-state index contributed by atoms with van der Waals surface area (Å²) in [5.41, 5.74) is 9.08. The van der Waals surface area contributed by atoms with Crippen LogP contribution in [0.1, 0.15) is 57.2 Å². The van der Waals surface area contributed by atoms with Crippen LogP contribution in [0, 0.1) is 0 Å². The summed E-state index contributed by atoms with van der Waals surface area (Å²) < 4.78 is 0. The van der Waals surface area contributed by atoms with Crippen molar-refractivity contribution in [3.05, 3.63) is 106 Å². The number of aldehydes is 1. The van der Waals surface area contributed by atoms with Crippen molar-refractivity contribution in [2.45, 2.75) is 25.4 Å².